The predicted octanol–water partition coefficient (Wildman–Crippen LogP) is 2.53. The van der Waals surface area contributed by atoms with E-state index in [-0.39, 0.29) is 24.2 Å². The average molecular weight is 424 g/mol. The van der Waals surface area contributed by atoms with Gasteiger partial charge in [0.1, 0.15) is 11.4 Å². The van der Waals surface area contributed by atoms with E-state index in [1.54, 1.807) is 37.5 Å². The molecule has 10 nitrogen and oxygen atoms in total. The number of anilines is 1. The summed E-state index contributed by atoms with van der Waals surface area (Å²) in [5.74, 6) is 0.124. The summed E-state index contributed by atoms with van der Waals surface area (Å²) < 4.78 is 4.77. The van der Waals surface area contributed by atoms with Crippen molar-refractivity contribution in [3.8, 4) is 17.0 Å². The van der Waals surface area contributed by atoms with Crippen molar-refractivity contribution in [1.29, 1.82) is 0 Å². The van der Waals surface area contributed by atoms with Crippen LogP contribution < -0.4 is 16.2 Å². The number of aromatic amines is 1. The Morgan fingerprint density at radius 2 is 2.06 bits per heavy atom. The number of aromatic nitrogens is 3. The normalized spacial score (nSPS) is 10.4. The van der Waals surface area contributed by atoms with Crippen molar-refractivity contribution >= 4 is 17.9 Å². The number of benzene rings is 1. The standard InChI is InChI=1S/C21H24N6O4/c1-3-31-21(30)27-26-20-24-11-13(2)18(25-20)15-10-16(23-12-15)19(29)22-9-8-14-6-4-5-7-17(14)28/h4-7,10-12,23,28H,3,8-9H2,1-2H3,(H,22,29)(H,27,30)(H,24,25,26). The Morgan fingerprint density at radius 3 is 2.84 bits per heavy atom. The smallest absolute Gasteiger partial charge is 0.426 e. The topological polar surface area (TPSA) is 141 Å². The summed E-state index contributed by atoms with van der Waals surface area (Å²) in [7, 11) is 0. The molecule has 2 amide bonds. The zero-order valence-corrected chi connectivity index (χ0v) is 17.2. The highest BCUT2D eigenvalue weighted by Crippen LogP contribution is 2.22. The predicted molar refractivity (Wildman–Crippen MR) is 114 cm³/mol. The molecule has 0 unspecified atom stereocenters. The Kier molecular flexibility index (Phi) is 7.05. The third kappa shape index (κ3) is 5.72. The zero-order chi connectivity index (χ0) is 22.2. The summed E-state index contributed by atoms with van der Waals surface area (Å²) in [4.78, 5) is 35.3. The maximum absolute atomic E-state index is 12.4. The molecule has 0 bridgehead atoms. The highest BCUT2D eigenvalue weighted by atomic mass is 16.5. The summed E-state index contributed by atoms with van der Waals surface area (Å²) in [6, 6.07) is 8.70. The van der Waals surface area contributed by atoms with Crippen LogP contribution in [0.4, 0.5) is 10.7 Å². The largest absolute Gasteiger partial charge is 0.508 e. The number of aryl methyl sites for hydroxylation is 1. The first kappa shape index (κ1) is 21.6. The number of hydrazine groups is 1. The molecule has 162 valence electrons. The average Bonchev–Trinajstić information content (AvgIpc) is 3.25. The van der Waals surface area contributed by atoms with Crippen LogP contribution in [-0.2, 0) is 11.2 Å². The Bertz CT molecular complexity index is 1070. The number of nitrogens with zero attached hydrogens (tertiary/aromatic N) is 2. The van der Waals surface area contributed by atoms with Crippen LogP contribution in [0.15, 0.2) is 42.7 Å². The van der Waals surface area contributed by atoms with Crippen LogP contribution in [0, 0.1) is 6.92 Å². The number of nitrogens with one attached hydrogen (secondary N) is 4. The number of H-pyrrole nitrogens is 1. The third-order valence-electron chi connectivity index (χ3n) is 4.40. The van der Waals surface area contributed by atoms with Gasteiger partial charge in [-0.3, -0.25) is 10.2 Å². The second-order valence-corrected chi connectivity index (χ2v) is 6.63. The molecule has 1 aromatic carbocycles. The Labute approximate surface area is 179 Å². The molecule has 10 heteroatoms. The van der Waals surface area contributed by atoms with Gasteiger partial charge in [-0.1, -0.05) is 18.2 Å². The number of carbonyl (C=O) groups excluding carboxylic acids is 2. The molecule has 0 spiro atoms. The first-order chi connectivity index (χ1) is 15.0. The van der Waals surface area contributed by atoms with Crippen molar-refractivity contribution in [2.75, 3.05) is 18.6 Å². The molecule has 0 saturated carbocycles. The minimum Gasteiger partial charge on any atom is -0.508 e. The van der Waals surface area contributed by atoms with Crippen LogP contribution in [0.25, 0.3) is 11.3 Å². The quantitative estimate of drug-likeness (QED) is 0.350. The molecule has 0 atom stereocenters. The van der Waals surface area contributed by atoms with Gasteiger partial charge in [0.25, 0.3) is 5.91 Å². The number of aromatic hydroxyl groups is 1. The molecular formula is C21H24N6O4. The molecule has 2 heterocycles. The number of hydrogen-bond acceptors (Lipinski definition) is 7. The van der Waals surface area contributed by atoms with Gasteiger partial charge in [0.2, 0.25) is 5.95 Å². The van der Waals surface area contributed by atoms with E-state index >= 15 is 0 Å². The lowest BCUT2D eigenvalue weighted by molar-refractivity contribution is 0.0949. The molecule has 31 heavy (non-hydrogen) atoms. The second kappa shape index (κ2) is 10.1. The van der Waals surface area contributed by atoms with Crippen LogP contribution in [0.3, 0.4) is 0 Å². The van der Waals surface area contributed by atoms with E-state index in [9.17, 15) is 14.7 Å². The zero-order valence-electron chi connectivity index (χ0n) is 17.2. The highest BCUT2D eigenvalue weighted by molar-refractivity contribution is 5.93. The van der Waals surface area contributed by atoms with Gasteiger partial charge in [-0.2, -0.15) is 0 Å². The molecule has 0 fully saturated rings. The van der Waals surface area contributed by atoms with Gasteiger partial charge in [-0.05, 0) is 43.5 Å². The van der Waals surface area contributed by atoms with Crippen LogP contribution >= 0.6 is 0 Å². The number of para-hydroxylation sites is 1. The molecule has 0 saturated heterocycles. The number of hydrogen-bond donors (Lipinski definition) is 5. The van der Waals surface area contributed by atoms with Gasteiger partial charge in [0.05, 0.1) is 12.3 Å². The second-order valence-electron chi connectivity index (χ2n) is 6.63. The molecular weight excluding hydrogens is 400 g/mol. The van der Waals surface area contributed by atoms with E-state index in [2.05, 4.69) is 31.1 Å². The van der Waals surface area contributed by atoms with Crippen molar-refractivity contribution in [3.63, 3.8) is 0 Å². The van der Waals surface area contributed by atoms with E-state index in [1.165, 1.54) is 0 Å². The van der Waals surface area contributed by atoms with Crippen molar-refractivity contribution in [2.45, 2.75) is 20.3 Å². The molecule has 3 aromatic rings. The number of amides is 2. The lowest BCUT2D eigenvalue weighted by Crippen LogP contribution is -2.30. The molecule has 0 aliphatic heterocycles. The summed E-state index contributed by atoms with van der Waals surface area (Å²) in [5.41, 5.74) is 8.17. The third-order valence-corrected chi connectivity index (χ3v) is 4.40. The van der Waals surface area contributed by atoms with Gasteiger partial charge in [-0.15, -0.1) is 0 Å². The van der Waals surface area contributed by atoms with Crippen LogP contribution in [0.5, 0.6) is 5.75 Å². The van der Waals surface area contributed by atoms with Gasteiger partial charge < -0.3 is 20.1 Å². The fourth-order valence-electron chi connectivity index (χ4n) is 2.86. The number of phenols is 1. The summed E-state index contributed by atoms with van der Waals surface area (Å²) in [6.07, 6.45) is 3.16. The Morgan fingerprint density at radius 1 is 1.26 bits per heavy atom. The Hall–Kier alpha value is -4.08. The number of rotatable bonds is 8. The van der Waals surface area contributed by atoms with Crippen molar-refractivity contribution in [3.05, 3.63) is 59.5 Å². The highest BCUT2D eigenvalue weighted by Gasteiger charge is 2.13. The molecule has 3 rings (SSSR count). The first-order valence-corrected chi connectivity index (χ1v) is 9.74. The van der Waals surface area contributed by atoms with E-state index in [0.29, 0.717) is 29.9 Å². The Balaban J connectivity index is 1.62. The van der Waals surface area contributed by atoms with Crippen molar-refractivity contribution < 1.29 is 19.4 Å². The minimum atomic E-state index is -0.641. The summed E-state index contributed by atoms with van der Waals surface area (Å²) in [5, 5.41) is 12.6. The summed E-state index contributed by atoms with van der Waals surface area (Å²) >= 11 is 0. The minimum absolute atomic E-state index is 0.184. The lowest BCUT2D eigenvalue weighted by Gasteiger charge is -2.09. The number of carbonyl (C=O) groups is 2. The lowest BCUT2D eigenvalue weighted by atomic mass is 10.1. The monoisotopic (exact) mass is 424 g/mol. The molecule has 0 aliphatic carbocycles. The van der Waals surface area contributed by atoms with Crippen LogP contribution in [0.1, 0.15) is 28.5 Å². The molecule has 2 aromatic heterocycles. The van der Waals surface area contributed by atoms with Crippen molar-refractivity contribution in [2.24, 2.45) is 0 Å². The fraction of sp³-hybridized carbons (Fsp3) is 0.238. The summed E-state index contributed by atoms with van der Waals surface area (Å²) in [6.45, 7) is 4.17. The van der Waals surface area contributed by atoms with E-state index in [0.717, 1.165) is 11.1 Å². The number of ether oxygens (including phenoxy) is 1. The van der Waals surface area contributed by atoms with Gasteiger partial charge in [-0.25, -0.2) is 20.2 Å². The van der Waals surface area contributed by atoms with E-state index in [4.69, 9.17) is 4.74 Å². The maximum Gasteiger partial charge on any atom is 0.426 e. The molecule has 0 radical (unpaired) electrons. The molecule has 0 aliphatic rings. The molecule has 5 N–H and O–H groups in total. The fourth-order valence-corrected chi connectivity index (χ4v) is 2.86. The van der Waals surface area contributed by atoms with E-state index in [1.807, 2.05) is 19.1 Å². The van der Waals surface area contributed by atoms with Crippen LogP contribution in [-0.4, -0.2) is 45.2 Å². The number of phenolic OH excluding ortho intramolecular Hbond substituents is 1. The van der Waals surface area contributed by atoms with Crippen molar-refractivity contribution in [1.82, 2.24) is 25.7 Å². The maximum atomic E-state index is 12.4. The SMILES string of the molecule is CCOC(=O)NNc1ncc(C)c(-c2c[nH]c(C(=O)NCCc3ccccc3O)c2)n1. The van der Waals surface area contributed by atoms with Gasteiger partial charge >= 0.3 is 6.09 Å². The van der Waals surface area contributed by atoms with Crippen LogP contribution in [0.2, 0.25) is 0 Å². The first-order valence-electron chi connectivity index (χ1n) is 9.74. The van der Waals surface area contributed by atoms with Gasteiger partial charge in [0.15, 0.2) is 0 Å². The van der Waals surface area contributed by atoms with Gasteiger partial charge in [0, 0.05) is 24.5 Å². The van der Waals surface area contributed by atoms with E-state index < -0.39 is 6.09 Å².